The molecule has 2 amide bonds. The highest BCUT2D eigenvalue weighted by molar-refractivity contribution is 6.21. The van der Waals surface area contributed by atoms with Crippen molar-refractivity contribution >= 4 is 17.5 Å². The molecule has 3 aromatic carbocycles. The van der Waals surface area contributed by atoms with Gasteiger partial charge in [0.05, 0.1) is 43.1 Å². The van der Waals surface area contributed by atoms with Crippen molar-refractivity contribution in [1.82, 2.24) is 4.90 Å². The fourth-order valence-corrected chi connectivity index (χ4v) is 5.04. The molecule has 0 aliphatic carbocycles. The second-order valence-electron chi connectivity index (χ2n) is 9.92. The van der Waals surface area contributed by atoms with Crippen LogP contribution in [-0.4, -0.2) is 56.4 Å². The molecular formula is C31H30FN3O5. The number of hydrogen-bond acceptors (Lipinski definition) is 7. The van der Waals surface area contributed by atoms with Gasteiger partial charge in [0, 0.05) is 37.7 Å². The number of rotatable bonds is 10. The van der Waals surface area contributed by atoms with Gasteiger partial charge in [-0.25, -0.2) is 4.39 Å². The van der Waals surface area contributed by atoms with E-state index in [1.165, 1.54) is 18.1 Å². The zero-order valence-electron chi connectivity index (χ0n) is 22.2. The summed E-state index contributed by atoms with van der Waals surface area (Å²) >= 11 is 0. The van der Waals surface area contributed by atoms with Crippen molar-refractivity contribution in [3.63, 3.8) is 0 Å². The van der Waals surface area contributed by atoms with Crippen LogP contribution in [-0.2, 0) is 16.0 Å². The van der Waals surface area contributed by atoms with Crippen LogP contribution in [0.15, 0.2) is 66.7 Å². The zero-order chi connectivity index (χ0) is 28.1. The Morgan fingerprint density at radius 3 is 2.30 bits per heavy atom. The van der Waals surface area contributed by atoms with E-state index in [-0.39, 0.29) is 36.3 Å². The average Bonchev–Trinajstić information content (AvgIpc) is 3.22. The Hall–Kier alpha value is -4.26. The minimum Gasteiger partial charge on any atom is -0.494 e. The van der Waals surface area contributed by atoms with Gasteiger partial charge in [0.1, 0.15) is 0 Å². The lowest BCUT2D eigenvalue weighted by Gasteiger charge is -2.32. The Morgan fingerprint density at radius 1 is 1.02 bits per heavy atom. The minimum atomic E-state index is -0.417. The van der Waals surface area contributed by atoms with Gasteiger partial charge in [0.25, 0.3) is 11.8 Å². The number of carbonyl (C=O) groups excluding carboxylic acids is 2. The van der Waals surface area contributed by atoms with Crippen molar-refractivity contribution in [2.75, 3.05) is 38.3 Å². The molecule has 1 fully saturated rings. The van der Waals surface area contributed by atoms with E-state index >= 15 is 0 Å². The topological polar surface area (TPSA) is 92.1 Å². The van der Waals surface area contributed by atoms with E-state index in [0.717, 1.165) is 17.7 Å². The summed E-state index contributed by atoms with van der Waals surface area (Å²) in [6.07, 6.45) is 0.996. The molecule has 2 heterocycles. The largest absolute Gasteiger partial charge is 0.494 e. The summed E-state index contributed by atoms with van der Waals surface area (Å²) in [7, 11) is 1.43. The van der Waals surface area contributed by atoms with Crippen LogP contribution in [0.3, 0.4) is 0 Å². The van der Waals surface area contributed by atoms with Gasteiger partial charge in [-0.05, 0) is 60.5 Å². The second kappa shape index (κ2) is 12.3. The summed E-state index contributed by atoms with van der Waals surface area (Å²) in [5.41, 5.74) is 3.16. The summed E-state index contributed by atoms with van der Waals surface area (Å²) in [6.45, 7) is 2.16. The van der Waals surface area contributed by atoms with Crippen LogP contribution < -0.4 is 9.64 Å². The van der Waals surface area contributed by atoms with Gasteiger partial charge in [-0.15, -0.1) is 0 Å². The third-order valence-corrected chi connectivity index (χ3v) is 7.17. The highest BCUT2D eigenvalue weighted by Crippen LogP contribution is 2.26. The first-order valence-electron chi connectivity index (χ1n) is 13.2. The van der Waals surface area contributed by atoms with E-state index in [0.29, 0.717) is 49.4 Å². The number of methoxy groups -OCH3 is 1. The van der Waals surface area contributed by atoms with Gasteiger partial charge in [-0.3, -0.25) is 14.5 Å². The van der Waals surface area contributed by atoms with Gasteiger partial charge >= 0.3 is 0 Å². The lowest BCUT2D eigenvalue weighted by Crippen LogP contribution is -2.42. The number of halogens is 1. The molecule has 3 aromatic rings. The van der Waals surface area contributed by atoms with Gasteiger partial charge in [0.2, 0.25) is 0 Å². The van der Waals surface area contributed by atoms with Crippen LogP contribution in [0, 0.1) is 23.1 Å². The first-order chi connectivity index (χ1) is 19.5. The lowest BCUT2D eigenvalue weighted by molar-refractivity contribution is -0.203. The predicted molar refractivity (Wildman–Crippen MR) is 145 cm³/mol. The van der Waals surface area contributed by atoms with E-state index in [4.69, 9.17) is 19.5 Å². The molecule has 0 aromatic heterocycles. The van der Waals surface area contributed by atoms with E-state index < -0.39 is 5.82 Å². The van der Waals surface area contributed by atoms with Crippen molar-refractivity contribution in [1.29, 1.82) is 5.26 Å². The van der Waals surface area contributed by atoms with Crippen molar-refractivity contribution in [3.05, 3.63) is 94.8 Å². The third-order valence-electron chi connectivity index (χ3n) is 7.17. The van der Waals surface area contributed by atoms with Crippen LogP contribution >= 0.6 is 0 Å². The number of benzene rings is 3. The Balaban J connectivity index is 1.14. The molecule has 206 valence electrons. The van der Waals surface area contributed by atoms with Gasteiger partial charge < -0.3 is 19.1 Å². The Bertz CT molecular complexity index is 1380. The van der Waals surface area contributed by atoms with Crippen LogP contribution in [0.5, 0.6) is 5.75 Å². The smallest absolute Gasteiger partial charge is 0.261 e. The Labute approximate surface area is 232 Å². The molecule has 0 N–H and O–H groups in total. The maximum absolute atomic E-state index is 14.3. The zero-order valence-corrected chi connectivity index (χ0v) is 22.2. The van der Waals surface area contributed by atoms with Gasteiger partial charge in [-0.1, -0.05) is 18.2 Å². The number of hydrogen-bond donors (Lipinski definition) is 0. The molecule has 0 saturated carbocycles. The highest BCUT2D eigenvalue weighted by atomic mass is 19.1. The number of fused-ring (bicyclic) bond motifs is 1. The fraction of sp³-hybridized carbons (Fsp3) is 0.323. The quantitative estimate of drug-likeness (QED) is 0.340. The SMILES string of the molecule is COc1ccc(CN(CCCC2OCC(CN3C(=O)c4ccccc4C3=O)CO2)c2ccc(C#N)cc2)cc1F. The number of carbonyl (C=O) groups is 2. The molecule has 8 nitrogen and oxygen atoms in total. The first-order valence-corrected chi connectivity index (χ1v) is 13.2. The molecule has 0 unspecified atom stereocenters. The molecular weight excluding hydrogens is 513 g/mol. The second-order valence-corrected chi connectivity index (χ2v) is 9.92. The van der Waals surface area contributed by atoms with Crippen LogP contribution in [0.4, 0.5) is 10.1 Å². The van der Waals surface area contributed by atoms with Gasteiger partial charge in [-0.2, -0.15) is 5.26 Å². The summed E-state index contributed by atoms with van der Waals surface area (Å²) < 4.78 is 31.2. The standard InChI is InChI=1S/C31H30FN3O5/c1-38-28-13-10-22(15-27(28)32)17-34(24-11-8-21(16-33)9-12-24)14-4-7-29-39-19-23(20-40-29)18-35-30(36)25-5-2-3-6-26(25)31(35)37/h2-3,5-6,8-13,15,23,29H,4,7,14,17-20H2,1H3. The number of nitrogens with zero attached hydrogens (tertiary/aromatic N) is 3. The van der Waals surface area contributed by atoms with Crippen LogP contribution in [0.2, 0.25) is 0 Å². The van der Waals surface area contributed by atoms with Crippen LogP contribution in [0.1, 0.15) is 44.7 Å². The minimum absolute atomic E-state index is 0.0985. The molecule has 5 rings (SSSR count). The molecule has 0 spiro atoms. The van der Waals surface area contributed by atoms with Crippen molar-refractivity contribution in [2.45, 2.75) is 25.7 Å². The van der Waals surface area contributed by atoms with Crippen LogP contribution in [0.25, 0.3) is 0 Å². The molecule has 2 aliphatic heterocycles. The number of imide groups is 1. The van der Waals surface area contributed by atoms with Crippen molar-refractivity contribution in [3.8, 4) is 11.8 Å². The van der Waals surface area contributed by atoms with E-state index in [2.05, 4.69) is 11.0 Å². The average molecular weight is 544 g/mol. The first kappa shape index (κ1) is 27.3. The van der Waals surface area contributed by atoms with E-state index in [1.54, 1.807) is 42.5 Å². The molecule has 0 bridgehead atoms. The summed E-state index contributed by atoms with van der Waals surface area (Å²) in [6, 6.07) is 21.2. The Kier molecular flexibility index (Phi) is 8.39. The van der Waals surface area contributed by atoms with Crippen molar-refractivity contribution < 1.29 is 28.2 Å². The summed E-state index contributed by atoms with van der Waals surface area (Å²) in [5, 5.41) is 9.15. The normalized spacial score (nSPS) is 18.4. The lowest BCUT2D eigenvalue weighted by atomic mass is 10.1. The molecule has 9 heteroatoms. The van der Waals surface area contributed by atoms with E-state index in [1.807, 2.05) is 18.2 Å². The third kappa shape index (κ3) is 5.98. The monoisotopic (exact) mass is 543 g/mol. The molecule has 40 heavy (non-hydrogen) atoms. The molecule has 0 radical (unpaired) electrons. The number of amides is 2. The number of anilines is 1. The van der Waals surface area contributed by atoms with Crippen molar-refractivity contribution in [2.24, 2.45) is 5.92 Å². The maximum atomic E-state index is 14.3. The highest BCUT2D eigenvalue weighted by Gasteiger charge is 2.37. The molecule has 0 atom stereocenters. The maximum Gasteiger partial charge on any atom is 0.261 e. The summed E-state index contributed by atoms with van der Waals surface area (Å²) in [4.78, 5) is 28.7. The number of ether oxygens (including phenoxy) is 3. The van der Waals surface area contributed by atoms with E-state index in [9.17, 15) is 14.0 Å². The number of nitriles is 1. The molecule has 2 aliphatic rings. The van der Waals surface area contributed by atoms with Gasteiger partial charge in [0.15, 0.2) is 17.9 Å². The summed E-state index contributed by atoms with van der Waals surface area (Å²) in [5.74, 6) is -0.871. The Morgan fingerprint density at radius 2 is 1.70 bits per heavy atom. The molecule has 1 saturated heterocycles. The predicted octanol–water partition coefficient (Wildman–Crippen LogP) is 4.78. The fourth-order valence-electron chi connectivity index (χ4n) is 5.04.